The summed E-state index contributed by atoms with van der Waals surface area (Å²) in [5.41, 5.74) is -1.17. The molecule has 41 heavy (non-hydrogen) atoms. The lowest BCUT2D eigenvalue weighted by atomic mass is 9.70. The van der Waals surface area contributed by atoms with Crippen LogP contribution in [0.2, 0.25) is 0 Å². The molecular formula is C31H49N3O7. The van der Waals surface area contributed by atoms with Gasteiger partial charge in [-0.25, -0.2) is 0 Å². The monoisotopic (exact) mass is 575 g/mol. The van der Waals surface area contributed by atoms with Gasteiger partial charge in [0.2, 0.25) is 17.7 Å². The molecule has 1 spiro atoms. The van der Waals surface area contributed by atoms with Crippen molar-refractivity contribution in [3.63, 3.8) is 0 Å². The maximum atomic E-state index is 14.3. The van der Waals surface area contributed by atoms with Gasteiger partial charge in [0.15, 0.2) is 0 Å². The minimum atomic E-state index is -1.17. The number of nitrogens with one attached hydrogen (secondary N) is 1. The summed E-state index contributed by atoms with van der Waals surface area (Å²) in [6, 6.07) is -1.55. The lowest BCUT2D eigenvalue weighted by molar-refractivity contribution is -0.160. The first kappa shape index (κ1) is 32.8. The number of fused-ring (bicyclic) bond motifs is 1. The van der Waals surface area contributed by atoms with E-state index in [9.17, 15) is 24.3 Å². The quantitative estimate of drug-likeness (QED) is 0.202. The highest BCUT2D eigenvalue weighted by Crippen LogP contribution is 2.59. The Morgan fingerprint density at radius 3 is 2.61 bits per heavy atom. The molecule has 10 heteroatoms. The van der Waals surface area contributed by atoms with Crippen LogP contribution in [0.5, 0.6) is 0 Å². The number of allylic oxidation sites excluding steroid dienone is 1. The molecule has 0 aromatic carbocycles. The van der Waals surface area contributed by atoms with Crippen molar-refractivity contribution in [1.29, 1.82) is 0 Å². The number of hydrogen-bond donors (Lipinski definition) is 2. The van der Waals surface area contributed by atoms with Crippen LogP contribution in [0.1, 0.15) is 72.6 Å². The molecule has 0 unspecified atom stereocenters. The molecule has 2 bridgehead atoms. The van der Waals surface area contributed by atoms with Crippen LogP contribution >= 0.6 is 0 Å². The van der Waals surface area contributed by atoms with Crippen molar-refractivity contribution in [3.05, 3.63) is 25.3 Å². The van der Waals surface area contributed by atoms with Crippen molar-refractivity contribution in [3.8, 4) is 0 Å². The number of carbonyl (C=O) groups is 4. The largest absolute Gasteiger partial charge is 0.460 e. The summed E-state index contributed by atoms with van der Waals surface area (Å²) in [6.45, 7) is 15.8. The molecular weight excluding hydrogens is 526 g/mol. The van der Waals surface area contributed by atoms with Gasteiger partial charge in [-0.05, 0) is 38.5 Å². The summed E-state index contributed by atoms with van der Waals surface area (Å²) in [7, 11) is 0. The fraction of sp³-hybridized carbons (Fsp3) is 0.742. The van der Waals surface area contributed by atoms with E-state index in [2.05, 4.69) is 18.5 Å². The van der Waals surface area contributed by atoms with Gasteiger partial charge in [-0.15, -0.1) is 13.2 Å². The van der Waals surface area contributed by atoms with E-state index in [0.29, 0.717) is 45.2 Å². The van der Waals surface area contributed by atoms with Crippen molar-refractivity contribution in [2.24, 2.45) is 17.8 Å². The Morgan fingerprint density at radius 2 is 2.00 bits per heavy atom. The average Bonchev–Trinajstić information content (AvgIpc) is 3.60. The van der Waals surface area contributed by atoms with Crippen molar-refractivity contribution < 1.29 is 33.8 Å². The van der Waals surface area contributed by atoms with E-state index in [0.717, 1.165) is 12.8 Å². The summed E-state index contributed by atoms with van der Waals surface area (Å²) >= 11 is 0. The molecule has 3 rings (SSSR count). The lowest BCUT2D eigenvalue weighted by Gasteiger charge is -2.41. The fourth-order valence-electron chi connectivity index (χ4n) is 6.68. The van der Waals surface area contributed by atoms with Crippen LogP contribution in [-0.4, -0.2) is 94.7 Å². The topological polar surface area (TPSA) is 125 Å². The van der Waals surface area contributed by atoms with Gasteiger partial charge in [-0.1, -0.05) is 45.8 Å². The molecule has 3 fully saturated rings. The number of amides is 3. The van der Waals surface area contributed by atoms with Crippen molar-refractivity contribution >= 4 is 23.7 Å². The highest BCUT2D eigenvalue weighted by Gasteiger charge is 2.75. The first-order chi connectivity index (χ1) is 19.6. The van der Waals surface area contributed by atoms with E-state index < -0.39 is 47.7 Å². The second kappa shape index (κ2) is 14.4. The van der Waals surface area contributed by atoms with Gasteiger partial charge in [-0.3, -0.25) is 19.2 Å². The Bertz CT molecular complexity index is 987. The fourth-order valence-corrected chi connectivity index (χ4v) is 6.68. The molecule has 10 nitrogen and oxygen atoms in total. The smallest absolute Gasteiger partial charge is 0.312 e. The Morgan fingerprint density at radius 1 is 1.27 bits per heavy atom. The Labute approximate surface area is 244 Å². The standard InChI is InChI=1S/C31H49N3O7/c1-7-11-13-24(36)32-18-21(6)40-30(39)25-23-14-15-31(41-23)26(25)28(37)34(22(19-35)20(5)10-4)27(31)29(38)33(16-9-3)17-12-8-2/h7,9,20-23,25-27,35H,1,3,8,10-19H2,2,4-6H3,(H,32,36)/t20-,21-,22-,23+,25-,26-,27+,31-/m0/s1. The zero-order chi connectivity index (χ0) is 30.3. The lowest BCUT2D eigenvalue weighted by Crippen LogP contribution is -2.59. The van der Waals surface area contributed by atoms with Crippen LogP contribution in [-0.2, 0) is 28.7 Å². The number of rotatable bonds is 17. The molecule has 3 heterocycles. The minimum absolute atomic E-state index is 0.0784. The summed E-state index contributed by atoms with van der Waals surface area (Å²) < 4.78 is 12.3. The normalized spacial score (nSPS) is 28.5. The number of carbonyl (C=O) groups excluding carboxylic acids is 4. The first-order valence-corrected chi connectivity index (χ1v) is 15.2. The molecule has 0 radical (unpaired) electrons. The molecule has 8 atom stereocenters. The number of esters is 1. The Hall–Kier alpha value is -2.72. The third kappa shape index (κ3) is 6.53. The number of aliphatic hydroxyl groups excluding tert-OH is 1. The van der Waals surface area contributed by atoms with E-state index in [1.807, 2.05) is 20.8 Å². The van der Waals surface area contributed by atoms with Gasteiger partial charge in [0.25, 0.3) is 0 Å². The van der Waals surface area contributed by atoms with E-state index in [1.54, 1.807) is 24.0 Å². The van der Waals surface area contributed by atoms with Crippen molar-refractivity contribution in [2.45, 2.75) is 103 Å². The molecule has 0 aliphatic carbocycles. The van der Waals surface area contributed by atoms with E-state index in [-0.39, 0.29) is 36.8 Å². The number of ether oxygens (including phenoxy) is 2. The highest BCUT2D eigenvalue weighted by molar-refractivity contribution is 5.98. The Balaban J connectivity index is 1.91. The molecule has 0 aromatic heterocycles. The van der Waals surface area contributed by atoms with Gasteiger partial charge in [0, 0.05) is 19.5 Å². The van der Waals surface area contributed by atoms with E-state index in [4.69, 9.17) is 9.47 Å². The zero-order valence-corrected chi connectivity index (χ0v) is 25.2. The predicted molar refractivity (Wildman–Crippen MR) is 154 cm³/mol. The highest BCUT2D eigenvalue weighted by atomic mass is 16.6. The molecule has 2 N–H and O–H groups in total. The second-order valence-corrected chi connectivity index (χ2v) is 11.7. The summed E-state index contributed by atoms with van der Waals surface area (Å²) in [5, 5.41) is 13.2. The summed E-state index contributed by atoms with van der Waals surface area (Å²) in [5.74, 6) is -3.13. The van der Waals surface area contributed by atoms with Crippen LogP contribution in [0.4, 0.5) is 0 Å². The van der Waals surface area contributed by atoms with Crippen molar-refractivity contribution in [2.75, 3.05) is 26.2 Å². The molecule has 3 amide bonds. The number of aliphatic hydroxyl groups is 1. The van der Waals surface area contributed by atoms with Crippen LogP contribution < -0.4 is 5.32 Å². The molecule has 230 valence electrons. The number of hydrogen-bond acceptors (Lipinski definition) is 7. The molecule has 3 aliphatic heterocycles. The van der Waals surface area contributed by atoms with E-state index >= 15 is 0 Å². The predicted octanol–water partition coefficient (Wildman–Crippen LogP) is 2.60. The summed E-state index contributed by atoms with van der Waals surface area (Å²) in [6.07, 6.45) is 6.42. The molecule has 0 aromatic rings. The van der Waals surface area contributed by atoms with Crippen LogP contribution in [0.3, 0.4) is 0 Å². The maximum Gasteiger partial charge on any atom is 0.312 e. The first-order valence-electron chi connectivity index (χ1n) is 15.2. The SMILES string of the molecule is C=CCCC(=O)NC[C@H](C)OC(=O)[C@@H]1[C@H]2C(=O)N([C@@H](CO)[C@@H](C)CC)[C@H](C(=O)N(CC=C)CCCC)[C@]23CC[C@H]1O3. The third-order valence-corrected chi connectivity index (χ3v) is 9.01. The zero-order valence-electron chi connectivity index (χ0n) is 25.2. The summed E-state index contributed by atoms with van der Waals surface area (Å²) in [4.78, 5) is 57.4. The van der Waals surface area contributed by atoms with Gasteiger partial charge in [0.05, 0.1) is 37.1 Å². The van der Waals surface area contributed by atoms with Gasteiger partial charge in [-0.2, -0.15) is 0 Å². The van der Waals surface area contributed by atoms with Crippen LogP contribution in [0.15, 0.2) is 25.3 Å². The maximum absolute atomic E-state index is 14.3. The Kier molecular flexibility index (Phi) is 11.6. The molecule has 3 aliphatic rings. The minimum Gasteiger partial charge on any atom is -0.460 e. The van der Waals surface area contributed by atoms with Crippen LogP contribution in [0.25, 0.3) is 0 Å². The molecule has 3 saturated heterocycles. The van der Waals surface area contributed by atoms with Crippen molar-refractivity contribution in [1.82, 2.24) is 15.1 Å². The number of nitrogens with zero attached hydrogens (tertiary/aromatic N) is 2. The van der Waals surface area contributed by atoms with Gasteiger partial charge < -0.3 is 29.7 Å². The van der Waals surface area contributed by atoms with Gasteiger partial charge in [0.1, 0.15) is 17.7 Å². The van der Waals surface area contributed by atoms with Gasteiger partial charge >= 0.3 is 5.97 Å². The van der Waals surface area contributed by atoms with Crippen LogP contribution in [0, 0.1) is 17.8 Å². The number of likely N-dealkylation sites (tertiary alicyclic amines) is 1. The number of unbranched alkanes of at least 4 members (excludes halogenated alkanes) is 1. The van der Waals surface area contributed by atoms with E-state index in [1.165, 1.54) is 4.90 Å². The third-order valence-electron chi connectivity index (χ3n) is 9.01. The average molecular weight is 576 g/mol. The second-order valence-electron chi connectivity index (χ2n) is 11.7. The molecule has 0 saturated carbocycles.